The van der Waals surface area contributed by atoms with Crippen LogP contribution in [0.15, 0.2) is 48.5 Å². The van der Waals surface area contributed by atoms with Crippen LogP contribution in [-0.2, 0) is 4.79 Å². The zero-order valence-corrected chi connectivity index (χ0v) is 17.7. The Hall–Kier alpha value is -3.55. The standard InChI is InChI=1S/C23H27N3O5/c1-30-19-9-8-17(14-20(19)31-2)22(28)24-15-21(27)26-12-10-18(11-13-26)25-23(29)16-6-4-3-5-7-16/h3-9,14,18H,10-13,15H2,1-2H3,(H,24,28)(H,25,29). The number of rotatable bonds is 7. The van der Waals surface area contributed by atoms with Crippen molar-refractivity contribution in [3.63, 3.8) is 0 Å². The van der Waals surface area contributed by atoms with Crippen molar-refractivity contribution in [1.29, 1.82) is 0 Å². The van der Waals surface area contributed by atoms with Gasteiger partial charge in [-0.2, -0.15) is 0 Å². The molecule has 2 aromatic carbocycles. The molecule has 164 valence electrons. The van der Waals surface area contributed by atoms with Crippen LogP contribution in [0.4, 0.5) is 0 Å². The minimum absolute atomic E-state index is 0.0260. The van der Waals surface area contributed by atoms with Crippen molar-refractivity contribution in [1.82, 2.24) is 15.5 Å². The average molecular weight is 425 g/mol. The number of ether oxygens (including phenoxy) is 2. The molecule has 1 saturated heterocycles. The lowest BCUT2D eigenvalue weighted by atomic mass is 10.0. The first kappa shape index (κ1) is 22.1. The highest BCUT2D eigenvalue weighted by Crippen LogP contribution is 2.27. The SMILES string of the molecule is COc1ccc(C(=O)NCC(=O)N2CCC(NC(=O)c3ccccc3)CC2)cc1OC. The van der Waals surface area contributed by atoms with Gasteiger partial charge in [0.2, 0.25) is 5.91 Å². The molecular formula is C23H27N3O5. The summed E-state index contributed by atoms with van der Waals surface area (Å²) in [5, 5.41) is 5.67. The first-order chi connectivity index (χ1) is 15.0. The molecule has 0 atom stereocenters. The fraction of sp³-hybridized carbons (Fsp3) is 0.348. The summed E-state index contributed by atoms with van der Waals surface area (Å²) in [7, 11) is 3.02. The number of carbonyl (C=O) groups excluding carboxylic acids is 3. The smallest absolute Gasteiger partial charge is 0.251 e. The summed E-state index contributed by atoms with van der Waals surface area (Å²) in [5.74, 6) is 0.354. The molecule has 1 fully saturated rings. The van der Waals surface area contributed by atoms with Gasteiger partial charge in [-0.15, -0.1) is 0 Å². The van der Waals surface area contributed by atoms with Crippen LogP contribution in [0.5, 0.6) is 11.5 Å². The highest BCUT2D eigenvalue weighted by molar-refractivity contribution is 5.97. The van der Waals surface area contributed by atoms with Gasteiger partial charge in [-0.1, -0.05) is 18.2 Å². The van der Waals surface area contributed by atoms with Crippen molar-refractivity contribution in [2.24, 2.45) is 0 Å². The second-order valence-corrected chi connectivity index (χ2v) is 7.25. The Kier molecular flexibility index (Phi) is 7.48. The van der Waals surface area contributed by atoms with Crippen LogP contribution in [0.25, 0.3) is 0 Å². The van der Waals surface area contributed by atoms with Crippen LogP contribution in [0.3, 0.4) is 0 Å². The molecule has 0 radical (unpaired) electrons. The number of nitrogens with zero attached hydrogens (tertiary/aromatic N) is 1. The predicted octanol–water partition coefficient (Wildman–Crippen LogP) is 1.85. The summed E-state index contributed by atoms with van der Waals surface area (Å²) in [6, 6.07) is 13.9. The zero-order chi connectivity index (χ0) is 22.2. The number of hydrogen-bond donors (Lipinski definition) is 2. The van der Waals surface area contributed by atoms with Crippen LogP contribution in [0.1, 0.15) is 33.6 Å². The topological polar surface area (TPSA) is 97.0 Å². The van der Waals surface area contributed by atoms with Gasteiger partial charge in [0.25, 0.3) is 11.8 Å². The van der Waals surface area contributed by atoms with E-state index in [-0.39, 0.29) is 30.3 Å². The van der Waals surface area contributed by atoms with E-state index in [2.05, 4.69) is 10.6 Å². The van der Waals surface area contributed by atoms with Crippen molar-refractivity contribution < 1.29 is 23.9 Å². The second-order valence-electron chi connectivity index (χ2n) is 7.25. The molecule has 2 N–H and O–H groups in total. The molecule has 31 heavy (non-hydrogen) atoms. The van der Waals surface area contributed by atoms with Crippen LogP contribution >= 0.6 is 0 Å². The Balaban J connectivity index is 1.45. The first-order valence-corrected chi connectivity index (χ1v) is 10.2. The Morgan fingerprint density at radius 3 is 2.23 bits per heavy atom. The van der Waals surface area contributed by atoms with E-state index in [0.717, 1.165) is 0 Å². The molecule has 0 aromatic heterocycles. The number of nitrogens with one attached hydrogen (secondary N) is 2. The summed E-state index contributed by atoms with van der Waals surface area (Å²) in [6.45, 7) is 0.976. The van der Waals surface area contributed by atoms with E-state index in [0.29, 0.717) is 48.6 Å². The Bertz CT molecular complexity index is 924. The van der Waals surface area contributed by atoms with E-state index >= 15 is 0 Å². The van der Waals surface area contributed by atoms with Crippen LogP contribution in [0, 0.1) is 0 Å². The third-order valence-corrected chi connectivity index (χ3v) is 5.26. The quantitative estimate of drug-likeness (QED) is 0.706. The minimum Gasteiger partial charge on any atom is -0.493 e. The number of methoxy groups -OCH3 is 2. The van der Waals surface area contributed by atoms with Crippen LogP contribution < -0.4 is 20.1 Å². The molecule has 0 spiro atoms. The normalized spacial score (nSPS) is 13.9. The monoisotopic (exact) mass is 425 g/mol. The predicted molar refractivity (Wildman–Crippen MR) is 115 cm³/mol. The number of carbonyl (C=O) groups is 3. The van der Waals surface area contributed by atoms with Gasteiger partial charge in [0.1, 0.15) is 0 Å². The van der Waals surface area contributed by atoms with Crippen molar-refractivity contribution in [2.45, 2.75) is 18.9 Å². The lowest BCUT2D eigenvalue weighted by molar-refractivity contribution is -0.131. The van der Waals surface area contributed by atoms with Gasteiger partial charge in [-0.05, 0) is 43.2 Å². The lowest BCUT2D eigenvalue weighted by Crippen LogP contribution is -2.49. The zero-order valence-electron chi connectivity index (χ0n) is 17.7. The van der Waals surface area contributed by atoms with Crippen molar-refractivity contribution in [3.8, 4) is 11.5 Å². The molecule has 1 heterocycles. The molecule has 3 rings (SSSR count). The fourth-order valence-corrected chi connectivity index (χ4v) is 3.48. The molecule has 8 nitrogen and oxygen atoms in total. The minimum atomic E-state index is -0.362. The third kappa shape index (κ3) is 5.75. The highest BCUT2D eigenvalue weighted by atomic mass is 16.5. The number of piperidine rings is 1. The maximum Gasteiger partial charge on any atom is 0.251 e. The van der Waals surface area contributed by atoms with E-state index in [1.54, 1.807) is 35.2 Å². The van der Waals surface area contributed by atoms with Crippen molar-refractivity contribution >= 4 is 17.7 Å². The van der Waals surface area contributed by atoms with E-state index in [9.17, 15) is 14.4 Å². The number of hydrogen-bond acceptors (Lipinski definition) is 5. The summed E-state index contributed by atoms with van der Waals surface area (Å²) in [5.41, 5.74) is 1.01. The van der Waals surface area contributed by atoms with Gasteiger partial charge in [-0.25, -0.2) is 0 Å². The van der Waals surface area contributed by atoms with Crippen molar-refractivity contribution in [3.05, 3.63) is 59.7 Å². The van der Waals surface area contributed by atoms with Gasteiger partial charge in [-0.3, -0.25) is 14.4 Å². The molecule has 0 aliphatic carbocycles. The summed E-state index contributed by atoms with van der Waals surface area (Å²) in [6.07, 6.45) is 1.35. The van der Waals surface area contributed by atoms with Gasteiger partial charge < -0.3 is 25.0 Å². The largest absolute Gasteiger partial charge is 0.493 e. The molecule has 2 aromatic rings. The van der Waals surface area contributed by atoms with Crippen LogP contribution in [0.2, 0.25) is 0 Å². The van der Waals surface area contributed by atoms with E-state index in [4.69, 9.17) is 9.47 Å². The highest BCUT2D eigenvalue weighted by Gasteiger charge is 2.24. The van der Waals surface area contributed by atoms with Gasteiger partial charge >= 0.3 is 0 Å². The Labute approximate surface area is 181 Å². The molecule has 0 unspecified atom stereocenters. The number of benzene rings is 2. The molecule has 8 heteroatoms. The van der Waals surface area contributed by atoms with Crippen molar-refractivity contribution in [2.75, 3.05) is 33.9 Å². The van der Waals surface area contributed by atoms with E-state index < -0.39 is 0 Å². The van der Waals surface area contributed by atoms with E-state index in [1.807, 2.05) is 18.2 Å². The summed E-state index contributed by atoms with van der Waals surface area (Å²) >= 11 is 0. The fourth-order valence-electron chi connectivity index (χ4n) is 3.48. The molecule has 1 aliphatic heterocycles. The molecule has 0 bridgehead atoms. The number of amides is 3. The number of likely N-dealkylation sites (tertiary alicyclic amines) is 1. The molecule has 0 saturated carbocycles. The average Bonchev–Trinajstić information content (AvgIpc) is 2.82. The summed E-state index contributed by atoms with van der Waals surface area (Å²) in [4.78, 5) is 38.8. The molecule has 3 amide bonds. The molecular weight excluding hydrogens is 398 g/mol. The Morgan fingerprint density at radius 1 is 0.903 bits per heavy atom. The maximum atomic E-state index is 12.5. The van der Waals surface area contributed by atoms with Gasteiger partial charge in [0.15, 0.2) is 11.5 Å². The maximum absolute atomic E-state index is 12.5. The van der Waals surface area contributed by atoms with E-state index in [1.165, 1.54) is 14.2 Å². The van der Waals surface area contributed by atoms with Gasteiger partial charge in [0, 0.05) is 30.3 Å². The Morgan fingerprint density at radius 2 is 1.58 bits per heavy atom. The third-order valence-electron chi connectivity index (χ3n) is 5.26. The van der Waals surface area contributed by atoms with Crippen LogP contribution in [-0.4, -0.2) is 62.5 Å². The molecule has 1 aliphatic rings. The lowest BCUT2D eigenvalue weighted by Gasteiger charge is -2.32. The summed E-state index contributed by atoms with van der Waals surface area (Å²) < 4.78 is 10.4. The van der Waals surface area contributed by atoms with Gasteiger partial charge in [0.05, 0.1) is 20.8 Å². The first-order valence-electron chi connectivity index (χ1n) is 10.2. The second kappa shape index (κ2) is 10.5.